The summed E-state index contributed by atoms with van der Waals surface area (Å²) in [6, 6.07) is 19.8. The van der Waals surface area contributed by atoms with Gasteiger partial charge in [0, 0.05) is 23.2 Å². The Morgan fingerprint density at radius 2 is 1.76 bits per heavy atom. The molecule has 86 valence electrons. The second-order valence-electron chi connectivity index (χ2n) is 4.27. The summed E-state index contributed by atoms with van der Waals surface area (Å²) in [7, 11) is 0. The van der Waals surface area contributed by atoms with E-state index in [1.165, 1.54) is 16.0 Å². The molecule has 2 heteroatoms. The van der Waals surface area contributed by atoms with Gasteiger partial charge in [-0.05, 0) is 17.2 Å². The molecule has 0 aromatic heterocycles. The van der Waals surface area contributed by atoms with Gasteiger partial charge in [-0.3, -0.25) is 0 Å². The van der Waals surface area contributed by atoms with Gasteiger partial charge >= 0.3 is 0 Å². The Hall–Kier alpha value is -1.25. The van der Waals surface area contributed by atoms with Gasteiger partial charge in [-0.1, -0.05) is 48.5 Å². The monoisotopic (exact) mass is 241 g/mol. The fraction of sp³-hybridized carbons (Fsp3) is 0.200. The van der Waals surface area contributed by atoms with Gasteiger partial charge in [0.2, 0.25) is 0 Å². The maximum absolute atomic E-state index is 3.63. The van der Waals surface area contributed by atoms with Gasteiger partial charge in [-0.2, -0.15) is 0 Å². The number of thioether (sulfide) groups is 1. The van der Waals surface area contributed by atoms with Gasteiger partial charge in [0.25, 0.3) is 0 Å². The average molecular weight is 241 g/mol. The molecule has 0 fully saturated rings. The van der Waals surface area contributed by atoms with Crippen LogP contribution in [-0.4, -0.2) is 5.75 Å². The fourth-order valence-corrected chi connectivity index (χ4v) is 3.36. The van der Waals surface area contributed by atoms with E-state index in [1.807, 2.05) is 11.8 Å². The minimum atomic E-state index is 0.497. The summed E-state index contributed by atoms with van der Waals surface area (Å²) in [6.45, 7) is 0.945. The summed E-state index contributed by atoms with van der Waals surface area (Å²) >= 11 is 1.95. The van der Waals surface area contributed by atoms with Crippen molar-refractivity contribution in [3.8, 4) is 0 Å². The number of hydrogen-bond acceptors (Lipinski definition) is 2. The van der Waals surface area contributed by atoms with E-state index in [9.17, 15) is 0 Å². The molecule has 1 heterocycles. The second-order valence-corrected chi connectivity index (χ2v) is 5.33. The van der Waals surface area contributed by atoms with Crippen molar-refractivity contribution >= 4 is 11.8 Å². The standard InChI is InChI=1S/C15H15NS/c1-2-6-12(7-3-1)10-16-14-11-17-15-9-5-4-8-13(14)15/h1-9,14,16H,10-11H2. The lowest BCUT2D eigenvalue weighted by molar-refractivity contribution is 0.584. The number of nitrogens with one attached hydrogen (secondary N) is 1. The lowest BCUT2D eigenvalue weighted by atomic mass is 10.1. The first-order valence-electron chi connectivity index (χ1n) is 5.92. The third-order valence-corrected chi connectivity index (χ3v) is 4.28. The van der Waals surface area contributed by atoms with Gasteiger partial charge in [-0.15, -0.1) is 11.8 Å². The zero-order valence-electron chi connectivity index (χ0n) is 9.60. The lowest BCUT2D eigenvalue weighted by Gasteiger charge is -2.13. The summed E-state index contributed by atoms with van der Waals surface area (Å²) in [4.78, 5) is 1.43. The Labute approximate surface area is 106 Å². The van der Waals surface area contributed by atoms with Crippen LogP contribution in [0.5, 0.6) is 0 Å². The molecule has 1 aliphatic rings. The smallest absolute Gasteiger partial charge is 0.0429 e. The van der Waals surface area contributed by atoms with Crippen LogP contribution in [0.4, 0.5) is 0 Å². The van der Waals surface area contributed by atoms with Crippen LogP contribution in [0.15, 0.2) is 59.5 Å². The van der Waals surface area contributed by atoms with Crippen molar-refractivity contribution in [2.75, 3.05) is 5.75 Å². The minimum Gasteiger partial charge on any atom is -0.305 e. The van der Waals surface area contributed by atoms with E-state index < -0.39 is 0 Å². The molecule has 0 aliphatic carbocycles. The second kappa shape index (κ2) is 4.94. The number of fused-ring (bicyclic) bond motifs is 1. The molecule has 2 aromatic carbocycles. The molecule has 0 saturated carbocycles. The van der Waals surface area contributed by atoms with Crippen LogP contribution in [0, 0.1) is 0 Å². The van der Waals surface area contributed by atoms with Crippen molar-refractivity contribution in [3.63, 3.8) is 0 Å². The quantitative estimate of drug-likeness (QED) is 0.880. The SMILES string of the molecule is c1ccc(CNC2CSc3ccccc32)cc1. The number of rotatable bonds is 3. The molecule has 3 rings (SSSR count). The van der Waals surface area contributed by atoms with E-state index in [0.29, 0.717) is 6.04 Å². The van der Waals surface area contributed by atoms with Crippen molar-refractivity contribution < 1.29 is 0 Å². The Morgan fingerprint density at radius 1 is 1.00 bits per heavy atom. The molecule has 2 aromatic rings. The highest BCUT2D eigenvalue weighted by Crippen LogP contribution is 2.37. The van der Waals surface area contributed by atoms with Crippen molar-refractivity contribution in [3.05, 3.63) is 65.7 Å². The van der Waals surface area contributed by atoms with Crippen molar-refractivity contribution in [2.24, 2.45) is 0 Å². The summed E-state index contributed by atoms with van der Waals surface area (Å²) < 4.78 is 0. The zero-order valence-corrected chi connectivity index (χ0v) is 10.4. The van der Waals surface area contributed by atoms with Crippen LogP contribution in [0.3, 0.4) is 0 Å². The largest absolute Gasteiger partial charge is 0.305 e. The van der Waals surface area contributed by atoms with E-state index in [0.717, 1.165) is 12.3 Å². The molecule has 0 saturated heterocycles. The van der Waals surface area contributed by atoms with Crippen molar-refractivity contribution in [1.82, 2.24) is 5.32 Å². The van der Waals surface area contributed by atoms with Crippen LogP contribution < -0.4 is 5.32 Å². The topological polar surface area (TPSA) is 12.0 Å². The first-order valence-corrected chi connectivity index (χ1v) is 6.91. The minimum absolute atomic E-state index is 0.497. The molecular formula is C15H15NS. The summed E-state index contributed by atoms with van der Waals surface area (Å²) in [5, 5.41) is 3.63. The zero-order chi connectivity index (χ0) is 11.5. The molecule has 1 nitrogen and oxygen atoms in total. The third kappa shape index (κ3) is 2.38. The van der Waals surface area contributed by atoms with Crippen molar-refractivity contribution in [1.29, 1.82) is 0 Å². The number of benzene rings is 2. The van der Waals surface area contributed by atoms with Gasteiger partial charge in [0.05, 0.1) is 0 Å². The van der Waals surface area contributed by atoms with Crippen LogP contribution in [0.2, 0.25) is 0 Å². The molecule has 1 N–H and O–H groups in total. The first-order chi connectivity index (χ1) is 8.43. The lowest BCUT2D eigenvalue weighted by Crippen LogP contribution is -2.20. The highest BCUT2D eigenvalue weighted by molar-refractivity contribution is 7.99. The third-order valence-electron chi connectivity index (χ3n) is 3.10. The molecule has 0 amide bonds. The predicted molar refractivity (Wildman–Crippen MR) is 73.2 cm³/mol. The van der Waals surface area contributed by atoms with Crippen molar-refractivity contribution in [2.45, 2.75) is 17.5 Å². The highest BCUT2D eigenvalue weighted by atomic mass is 32.2. The molecule has 0 radical (unpaired) electrons. The van der Waals surface area contributed by atoms with Crippen LogP contribution in [0.25, 0.3) is 0 Å². The predicted octanol–water partition coefficient (Wildman–Crippen LogP) is 3.62. The Balaban J connectivity index is 1.68. The molecular weight excluding hydrogens is 226 g/mol. The molecule has 0 spiro atoms. The van der Waals surface area contributed by atoms with E-state index in [4.69, 9.17) is 0 Å². The molecule has 0 bridgehead atoms. The summed E-state index contributed by atoms with van der Waals surface area (Å²) in [6.07, 6.45) is 0. The van der Waals surface area contributed by atoms with Gasteiger partial charge in [0.1, 0.15) is 0 Å². The molecule has 1 unspecified atom stereocenters. The molecule has 1 atom stereocenters. The maximum Gasteiger partial charge on any atom is 0.0429 e. The maximum atomic E-state index is 3.63. The van der Waals surface area contributed by atoms with Gasteiger partial charge < -0.3 is 5.32 Å². The molecule has 1 aliphatic heterocycles. The fourth-order valence-electron chi connectivity index (χ4n) is 2.17. The van der Waals surface area contributed by atoms with Gasteiger partial charge in [-0.25, -0.2) is 0 Å². The van der Waals surface area contributed by atoms with E-state index in [-0.39, 0.29) is 0 Å². The van der Waals surface area contributed by atoms with E-state index in [1.54, 1.807) is 0 Å². The average Bonchev–Trinajstić information content (AvgIpc) is 2.81. The Morgan fingerprint density at radius 3 is 2.65 bits per heavy atom. The van der Waals surface area contributed by atoms with Crippen LogP contribution >= 0.6 is 11.8 Å². The number of hydrogen-bond donors (Lipinski definition) is 1. The van der Waals surface area contributed by atoms with E-state index in [2.05, 4.69) is 59.9 Å². The summed E-state index contributed by atoms with van der Waals surface area (Å²) in [5.41, 5.74) is 2.80. The summed E-state index contributed by atoms with van der Waals surface area (Å²) in [5.74, 6) is 1.15. The Bertz CT molecular complexity index is 495. The van der Waals surface area contributed by atoms with Crippen LogP contribution in [-0.2, 0) is 6.54 Å². The van der Waals surface area contributed by atoms with Crippen LogP contribution in [0.1, 0.15) is 17.2 Å². The van der Waals surface area contributed by atoms with E-state index >= 15 is 0 Å². The first kappa shape index (κ1) is 10.9. The molecule has 17 heavy (non-hydrogen) atoms. The normalized spacial score (nSPS) is 18.0. The Kier molecular flexibility index (Phi) is 3.16. The van der Waals surface area contributed by atoms with Gasteiger partial charge in [0.15, 0.2) is 0 Å². The highest BCUT2D eigenvalue weighted by Gasteiger charge is 2.21.